The summed E-state index contributed by atoms with van der Waals surface area (Å²) in [6.45, 7) is 0. The Balaban J connectivity index is 1.13. The van der Waals surface area contributed by atoms with Crippen LogP contribution in [0.3, 0.4) is 0 Å². The van der Waals surface area contributed by atoms with Crippen molar-refractivity contribution in [2.75, 3.05) is 0 Å². The SMILES string of the molecule is C(=C(c1ccccc1)c1ccccc1)c1ccc(-c2cccc(-c3cccc(-n4c5ccccc5c5ccncc54)n3)n2)cc1. The van der Waals surface area contributed by atoms with Crippen molar-refractivity contribution in [3.63, 3.8) is 0 Å². The number of para-hydroxylation sites is 1. The van der Waals surface area contributed by atoms with Crippen LogP contribution in [0.2, 0.25) is 0 Å². The van der Waals surface area contributed by atoms with E-state index >= 15 is 0 Å². The lowest BCUT2D eigenvalue weighted by atomic mass is 9.95. The molecule has 4 aromatic carbocycles. The monoisotopic (exact) mass is 576 g/mol. The number of fused-ring (bicyclic) bond motifs is 3. The summed E-state index contributed by atoms with van der Waals surface area (Å²) < 4.78 is 2.18. The zero-order valence-corrected chi connectivity index (χ0v) is 24.5. The summed E-state index contributed by atoms with van der Waals surface area (Å²) in [5, 5.41) is 2.34. The molecule has 8 rings (SSSR count). The third-order valence-electron chi connectivity index (χ3n) is 8.14. The molecule has 0 saturated heterocycles. The zero-order valence-electron chi connectivity index (χ0n) is 24.5. The fourth-order valence-corrected chi connectivity index (χ4v) is 5.98. The van der Waals surface area contributed by atoms with E-state index in [0.29, 0.717) is 0 Å². The lowest BCUT2D eigenvalue weighted by Crippen LogP contribution is -1.99. The molecule has 0 fully saturated rings. The summed E-state index contributed by atoms with van der Waals surface area (Å²) in [7, 11) is 0. The minimum atomic E-state index is 0.819. The van der Waals surface area contributed by atoms with Gasteiger partial charge in [-0.3, -0.25) is 9.55 Å². The predicted molar refractivity (Wildman–Crippen MR) is 185 cm³/mol. The van der Waals surface area contributed by atoms with Crippen LogP contribution in [-0.2, 0) is 0 Å². The maximum absolute atomic E-state index is 5.09. The van der Waals surface area contributed by atoms with E-state index in [1.165, 1.54) is 22.1 Å². The number of hydrogen-bond donors (Lipinski definition) is 0. The molecule has 0 saturated carbocycles. The molecule has 45 heavy (non-hydrogen) atoms. The van der Waals surface area contributed by atoms with Gasteiger partial charge < -0.3 is 0 Å². The molecule has 4 heterocycles. The number of rotatable bonds is 6. The normalized spacial score (nSPS) is 11.1. The molecule has 0 amide bonds. The molecule has 0 N–H and O–H groups in total. The maximum atomic E-state index is 5.09. The summed E-state index contributed by atoms with van der Waals surface area (Å²) >= 11 is 0. The average molecular weight is 577 g/mol. The van der Waals surface area contributed by atoms with Crippen LogP contribution in [0.1, 0.15) is 16.7 Å². The van der Waals surface area contributed by atoms with Crippen LogP contribution in [0.5, 0.6) is 0 Å². The van der Waals surface area contributed by atoms with E-state index < -0.39 is 0 Å². The lowest BCUT2D eigenvalue weighted by Gasteiger charge is -2.10. The van der Waals surface area contributed by atoms with Gasteiger partial charge >= 0.3 is 0 Å². The Kier molecular flexibility index (Phi) is 6.78. The highest BCUT2D eigenvalue weighted by Crippen LogP contribution is 2.32. The van der Waals surface area contributed by atoms with Crippen molar-refractivity contribution in [2.45, 2.75) is 0 Å². The van der Waals surface area contributed by atoms with E-state index in [4.69, 9.17) is 9.97 Å². The fourth-order valence-electron chi connectivity index (χ4n) is 5.98. The Bertz CT molecular complexity index is 2210. The minimum Gasteiger partial charge on any atom is -0.292 e. The minimum absolute atomic E-state index is 0.819. The highest BCUT2D eigenvalue weighted by Gasteiger charge is 2.14. The van der Waals surface area contributed by atoms with Crippen molar-refractivity contribution in [2.24, 2.45) is 0 Å². The van der Waals surface area contributed by atoms with E-state index in [2.05, 4.69) is 137 Å². The van der Waals surface area contributed by atoms with Gasteiger partial charge in [-0.15, -0.1) is 0 Å². The summed E-state index contributed by atoms with van der Waals surface area (Å²) in [4.78, 5) is 14.5. The molecule has 4 aromatic heterocycles. The zero-order chi connectivity index (χ0) is 30.0. The molecule has 0 bridgehead atoms. The maximum Gasteiger partial charge on any atom is 0.138 e. The van der Waals surface area contributed by atoms with Crippen LogP contribution in [0.4, 0.5) is 0 Å². The van der Waals surface area contributed by atoms with Crippen LogP contribution in [0.25, 0.3) is 61.9 Å². The predicted octanol–water partition coefficient (Wildman–Crippen LogP) is 9.89. The largest absolute Gasteiger partial charge is 0.292 e. The van der Waals surface area contributed by atoms with Crippen molar-refractivity contribution in [3.8, 4) is 28.5 Å². The van der Waals surface area contributed by atoms with E-state index in [1.54, 1.807) is 0 Å². The number of hydrogen-bond acceptors (Lipinski definition) is 3. The molecule has 8 aromatic rings. The third kappa shape index (κ3) is 5.09. The van der Waals surface area contributed by atoms with E-state index in [1.807, 2.05) is 42.7 Å². The fraction of sp³-hybridized carbons (Fsp3) is 0. The molecule has 0 unspecified atom stereocenters. The van der Waals surface area contributed by atoms with Gasteiger partial charge in [0.1, 0.15) is 5.82 Å². The van der Waals surface area contributed by atoms with Crippen molar-refractivity contribution in [1.29, 1.82) is 0 Å². The summed E-state index contributed by atoms with van der Waals surface area (Å²) in [5.74, 6) is 0.836. The Morgan fingerprint density at radius 1 is 0.489 bits per heavy atom. The van der Waals surface area contributed by atoms with Crippen LogP contribution in [0.15, 0.2) is 164 Å². The Labute approximate surface area is 261 Å². The Morgan fingerprint density at radius 3 is 1.87 bits per heavy atom. The molecule has 4 nitrogen and oxygen atoms in total. The quantitative estimate of drug-likeness (QED) is 0.185. The topological polar surface area (TPSA) is 43.6 Å². The molecular formula is C41H28N4. The van der Waals surface area contributed by atoms with Crippen LogP contribution in [-0.4, -0.2) is 19.5 Å². The van der Waals surface area contributed by atoms with Crippen LogP contribution >= 0.6 is 0 Å². The highest BCUT2D eigenvalue weighted by atomic mass is 15.1. The highest BCUT2D eigenvalue weighted by molar-refractivity contribution is 6.08. The van der Waals surface area contributed by atoms with Gasteiger partial charge in [-0.05, 0) is 64.7 Å². The second-order valence-electron chi connectivity index (χ2n) is 10.9. The van der Waals surface area contributed by atoms with E-state index in [-0.39, 0.29) is 0 Å². The number of pyridine rings is 3. The summed E-state index contributed by atoms with van der Waals surface area (Å²) in [6, 6.07) is 52.3. The molecule has 4 heteroatoms. The van der Waals surface area contributed by atoms with E-state index in [0.717, 1.165) is 50.4 Å². The first-order valence-corrected chi connectivity index (χ1v) is 15.0. The Morgan fingerprint density at radius 2 is 1.11 bits per heavy atom. The number of aromatic nitrogens is 4. The van der Waals surface area contributed by atoms with Gasteiger partial charge in [0.15, 0.2) is 0 Å². The van der Waals surface area contributed by atoms with Crippen molar-refractivity contribution in [3.05, 3.63) is 181 Å². The van der Waals surface area contributed by atoms with Crippen LogP contribution in [0, 0.1) is 0 Å². The molecule has 0 atom stereocenters. The van der Waals surface area contributed by atoms with Crippen molar-refractivity contribution in [1.82, 2.24) is 19.5 Å². The standard InChI is InChI=1S/C41H28N4/c1-3-11-30(12-4-1)35(31-13-5-2-6-14-31)27-29-21-23-32(24-22-29)36-16-9-17-37(43-36)38-18-10-20-41(44-38)45-39-19-8-7-15-33(39)34-25-26-42-28-40(34)45/h1-28H. The van der Waals surface area contributed by atoms with Gasteiger partial charge in [-0.2, -0.15) is 0 Å². The molecule has 0 aliphatic rings. The van der Waals surface area contributed by atoms with Gasteiger partial charge in [0.2, 0.25) is 0 Å². The lowest BCUT2D eigenvalue weighted by molar-refractivity contribution is 1.07. The smallest absolute Gasteiger partial charge is 0.138 e. The van der Waals surface area contributed by atoms with Crippen LogP contribution < -0.4 is 0 Å². The molecule has 0 aliphatic carbocycles. The molecular weight excluding hydrogens is 548 g/mol. The van der Waals surface area contributed by atoms with Gasteiger partial charge in [-0.1, -0.05) is 115 Å². The van der Waals surface area contributed by atoms with Gasteiger partial charge in [0, 0.05) is 22.5 Å². The summed E-state index contributed by atoms with van der Waals surface area (Å²) in [5.41, 5.74) is 10.4. The Hall–Kier alpha value is -6.13. The first kappa shape index (κ1) is 26.5. The molecule has 0 radical (unpaired) electrons. The van der Waals surface area contributed by atoms with Gasteiger partial charge in [0.25, 0.3) is 0 Å². The number of benzene rings is 4. The molecule has 212 valence electrons. The van der Waals surface area contributed by atoms with Crippen molar-refractivity contribution < 1.29 is 0 Å². The van der Waals surface area contributed by atoms with Gasteiger partial charge in [-0.25, -0.2) is 9.97 Å². The number of nitrogens with zero attached hydrogens (tertiary/aromatic N) is 4. The average Bonchev–Trinajstić information content (AvgIpc) is 3.46. The molecule has 0 aliphatic heterocycles. The van der Waals surface area contributed by atoms with Crippen molar-refractivity contribution >= 4 is 33.5 Å². The summed E-state index contributed by atoms with van der Waals surface area (Å²) in [6.07, 6.45) is 5.99. The third-order valence-corrected chi connectivity index (χ3v) is 8.14. The first-order chi connectivity index (χ1) is 22.3. The van der Waals surface area contributed by atoms with E-state index in [9.17, 15) is 0 Å². The van der Waals surface area contributed by atoms with Gasteiger partial charge in [0.05, 0.1) is 34.3 Å². The second-order valence-corrected chi connectivity index (χ2v) is 10.9. The first-order valence-electron chi connectivity index (χ1n) is 15.0. The second kappa shape index (κ2) is 11.5. The molecule has 0 spiro atoms.